The summed E-state index contributed by atoms with van der Waals surface area (Å²) in [7, 11) is -4.15. The van der Waals surface area contributed by atoms with E-state index in [1.165, 1.54) is 40.9 Å². The first-order chi connectivity index (χ1) is 19.5. The van der Waals surface area contributed by atoms with Gasteiger partial charge in [-0.05, 0) is 79.6 Å². The van der Waals surface area contributed by atoms with Crippen molar-refractivity contribution in [2.75, 3.05) is 23.7 Å². The molecule has 0 aliphatic rings. The number of amides is 2. The monoisotopic (exact) mass is 599 g/mol. The van der Waals surface area contributed by atoms with Crippen molar-refractivity contribution in [2.24, 2.45) is 5.92 Å². The van der Waals surface area contributed by atoms with Crippen LogP contribution in [0.2, 0.25) is 0 Å². The van der Waals surface area contributed by atoms with Crippen LogP contribution in [0.3, 0.4) is 0 Å². The predicted octanol–water partition coefficient (Wildman–Crippen LogP) is 5.63. The van der Waals surface area contributed by atoms with E-state index in [4.69, 9.17) is 0 Å². The van der Waals surface area contributed by atoms with E-state index >= 15 is 0 Å². The Morgan fingerprint density at radius 1 is 0.951 bits per heavy atom. The van der Waals surface area contributed by atoms with Crippen LogP contribution in [0.25, 0.3) is 0 Å². The summed E-state index contributed by atoms with van der Waals surface area (Å²) in [5.41, 5.74) is 1.89. The zero-order valence-electron chi connectivity index (χ0n) is 24.1. The first kappa shape index (κ1) is 32.1. The second kappa shape index (κ2) is 14.5. The van der Waals surface area contributed by atoms with Crippen LogP contribution in [0.5, 0.6) is 0 Å². The smallest absolute Gasteiger partial charge is 0.264 e. The molecular formula is C31H38FN3O4S2. The van der Waals surface area contributed by atoms with E-state index in [1.807, 2.05) is 27.0 Å². The zero-order valence-corrected chi connectivity index (χ0v) is 25.8. The molecule has 3 rings (SSSR count). The molecule has 0 aliphatic carbocycles. The molecule has 1 N–H and O–H groups in total. The van der Waals surface area contributed by atoms with Gasteiger partial charge in [0.15, 0.2) is 0 Å². The Bertz CT molecular complexity index is 1410. The summed E-state index contributed by atoms with van der Waals surface area (Å²) in [6.45, 7) is 7.55. The summed E-state index contributed by atoms with van der Waals surface area (Å²) in [6, 6.07) is 18.2. The van der Waals surface area contributed by atoms with Gasteiger partial charge in [-0.2, -0.15) is 0 Å². The Morgan fingerprint density at radius 3 is 2.10 bits per heavy atom. The van der Waals surface area contributed by atoms with Gasteiger partial charge in [-0.25, -0.2) is 12.8 Å². The molecule has 1 atom stereocenters. The predicted molar refractivity (Wildman–Crippen MR) is 163 cm³/mol. The van der Waals surface area contributed by atoms with Gasteiger partial charge in [0.05, 0.1) is 10.6 Å². The van der Waals surface area contributed by atoms with Gasteiger partial charge in [0.1, 0.15) is 18.4 Å². The van der Waals surface area contributed by atoms with E-state index in [-0.39, 0.29) is 23.3 Å². The Hall–Kier alpha value is -3.37. The van der Waals surface area contributed by atoms with Gasteiger partial charge in [-0.1, -0.05) is 50.6 Å². The van der Waals surface area contributed by atoms with Crippen molar-refractivity contribution in [2.45, 2.75) is 56.5 Å². The van der Waals surface area contributed by atoms with Gasteiger partial charge in [0.25, 0.3) is 10.0 Å². The van der Waals surface area contributed by atoms with Gasteiger partial charge in [-0.3, -0.25) is 13.9 Å². The van der Waals surface area contributed by atoms with Gasteiger partial charge in [-0.15, -0.1) is 11.8 Å². The normalized spacial score (nSPS) is 12.2. The van der Waals surface area contributed by atoms with Crippen LogP contribution in [0, 0.1) is 18.7 Å². The number of carbonyl (C=O) groups excluding carboxylic acids is 2. The first-order valence-corrected chi connectivity index (χ1v) is 16.2. The molecule has 0 aromatic heterocycles. The third-order valence-electron chi connectivity index (χ3n) is 6.58. The van der Waals surface area contributed by atoms with Crippen molar-refractivity contribution in [3.63, 3.8) is 0 Å². The third kappa shape index (κ3) is 8.56. The molecule has 7 nitrogen and oxygen atoms in total. The molecule has 10 heteroatoms. The van der Waals surface area contributed by atoms with Crippen LogP contribution in [0.4, 0.5) is 10.1 Å². The highest BCUT2D eigenvalue weighted by molar-refractivity contribution is 7.98. The average molecular weight is 600 g/mol. The fourth-order valence-corrected chi connectivity index (χ4v) is 6.07. The van der Waals surface area contributed by atoms with Gasteiger partial charge >= 0.3 is 0 Å². The summed E-state index contributed by atoms with van der Waals surface area (Å²) in [6.07, 6.45) is 2.21. The van der Waals surface area contributed by atoms with Crippen molar-refractivity contribution >= 4 is 39.3 Å². The molecular weight excluding hydrogens is 561 g/mol. The molecule has 2 amide bonds. The second-order valence-corrected chi connectivity index (χ2v) is 13.0. The lowest BCUT2D eigenvalue weighted by atomic mass is 10.1. The maximum absolute atomic E-state index is 14.0. The van der Waals surface area contributed by atoms with Gasteiger partial charge in [0, 0.05) is 18.0 Å². The van der Waals surface area contributed by atoms with Crippen LogP contribution in [0.1, 0.15) is 38.3 Å². The molecule has 41 heavy (non-hydrogen) atoms. The zero-order chi connectivity index (χ0) is 30.2. The molecule has 0 aliphatic heterocycles. The van der Waals surface area contributed by atoms with E-state index in [1.54, 1.807) is 55.5 Å². The third-order valence-corrected chi connectivity index (χ3v) is 9.12. The Labute approximate surface area is 247 Å². The lowest BCUT2D eigenvalue weighted by Gasteiger charge is -2.33. The maximum Gasteiger partial charge on any atom is 0.264 e. The SMILES string of the molecule is CC[C@@H](C(=O)NCC(C)C)N(Cc1ccc(F)cc1)C(=O)CN(c1ccc(C)cc1)S(=O)(=O)c1ccc(SC)cc1. The van der Waals surface area contributed by atoms with E-state index in [0.717, 1.165) is 14.8 Å². The highest BCUT2D eigenvalue weighted by atomic mass is 32.2. The number of nitrogens with one attached hydrogen (secondary N) is 1. The van der Waals surface area contributed by atoms with Crippen LogP contribution in [-0.4, -0.2) is 50.5 Å². The summed E-state index contributed by atoms with van der Waals surface area (Å²) in [4.78, 5) is 29.6. The number of nitrogens with zero attached hydrogens (tertiary/aromatic N) is 2. The number of sulfonamides is 1. The maximum atomic E-state index is 14.0. The van der Waals surface area contributed by atoms with Crippen molar-refractivity contribution in [3.8, 4) is 0 Å². The van der Waals surface area contributed by atoms with E-state index < -0.39 is 34.3 Å². The molecule has 0 bridgehead atoms. The topological polar surface area (TPSA) is 86.8 Å². The largest absolute Gasteiger partial charge is 0.354 e. The van der Waals surface area contributed by atoms with Crippen molar-refractivity contribution in [1.82, 2.24) is 10.2 Å². The number of benzene rings is 3. The van der Waals surface area contributed by atoms with Crippen LogP contribution >= 0.6 is 11.8 Å². The average Bonchev–Trinajstić information content (AvgIpc) is 2.96. The van der Waals surface area contributed by atoms with E-state index in [9.17, 15) is 22.4 Å². The number of carbonyl (C=O) groups is 2. The lowest BCUT2D eigenvalue weighted by molar-refractivity contribution is -0.140. The molecule has 0 saturated carbocycles. The molecule has 0 spiro atoms. The number of thioether (sulfide) groups is 1. The minimum atomic E-state index is -4.15. The standard InChI is InChI=1S/C31H38FN3O4S2/c1-6-29(31(37)33-19-22(2)3)34(20-24-9-11-25(32)12-10-24)30(36)21-35(26-13-7-23(4)8-14-26)41(38,39)28-17-15-27(40-5)16-18-28/h7-18,22,29H,6,19-21H2,1-5H3,(H,33,37)/t29-/m0/s1. The molecule has 0 saturated heterocycles. The van der Waals surface area contributed by atoms with Crippen LogP contribution in [-0.2, 0) is 26.2 Å². The molecule has 0 radical (unpaired) electrons. The summed E-state index contributed by atoms with van der Waals surface area (Å²) >= 11 is 1.49. The molecule has 0 fully saturated rings. The van der Waals surface area contributed by atoms with Crippen molar-refractivity contribution in [1.29, 1.82) is 0 Å². The number of halogens is 1. The van der Waals surface area contributed by atoms with Gasteiger partial charge in [0.2, 0.25) is 11.8 Å². The highest BCUT2D eigenvalue weighted by Crippen LogP contribution is 2.27. The second-order valence-electron chi connectivity index (χ2n) is 10.2. The molecule has 0 heterocycles. The molecule has 3 aromatic rings. The number of rotatable bonds is 13. The fraction of sp³-hybridized carbons (Fsp3) is 0.355. The number of anilines is 1. The van der Waals surface area contributed by atoms with Crippen molar-refractivity contribution in [3.05, 3.63) is 89.7 Å². The molecule has 0 unspecified atom stereocenters. The molecule has 220 valence electrons. The first-order valence-electron chi connectivity index (χ1n) is 13.5. The minimum Gasteiger partial charge on any atom is -0.354 e. The highest BCUT2D eigenvalue weighted by Gasteiger charge is 2.33. The van der Waals surface area contributed by atoms with E-state index in [0.29, 0.717) is 24.2 Å². The number of hydrogen-bond acceptors (Lipinski definition) is 5. The Kier molecular flexibility index (Phi) is 11.4. The molecule has 3 aromatic carbocycles. The van der Waals surface area contributed by atoms with Crippen LogP contribution in [0.15, 0.2) is 82.6 Å². The fourth-order valence-electron chi connectivity index (χ4n) is 4.24. The quantitative estimate of drug-likeness (QED) is 0.257. The number of aryl methyl sites for hydroxylation is 1. The Balaban J connectivity index is 2.03. The summed E-state index contributed by atoms with van der Waals surface area (Å²) in [5, 5.41) is 2.89. The van der Waals surface area contributed by atoms with E-state index in [2.05, 4.69) is 5.32 Å². The number of hydrogen-bond donors (Lipinski definition) is 1. The minimum absolute atomic E-state index is 0.0108. The van der Waals surface area contributed by atoms with Gasteiger partial charge < -0.3 is 10.2 Å². The lowest BCUT2D eigenvalue weighted by Crippen LogP contribution is -2.52. The van der Waals surface area contributed by atoms with Crippen LogP contribution < -0.4 is 9.62 Å². The Morgan fingerprint density at radius 2 is 1.56 bits per heavy atom. The summed E-state index contributed by atoms with van der Waals surface area (Å²) < 4.78 is 42.6. The van der Waals surface area contributed by atoms with Crippen molar-refractivity contribution < 1.29 is 22.4 Å². The summed E-state index contributed by atoms with van der Waals surface area (Å²) in [5.74, 6) is -1.09.